The van der Waals surface area contributed by atoms with Gasteiger partial charge in [-0.05, 0) is 0 Å². The molecule has 0 fully saturated rings. The van der Waals surface area contributed by atoms with Crippen molar-refractivity contribution in [3.05, 3.63) is 0 Å². The molecule has 0 aliphatic carbocycles. The summed E-state index contributed by atoms with van der Waals surface area (Å²) >= 11 is 0. The van der Waals surface area contributed by atoms with E-state index in [4.69, 9.17) is 7.49 Å². The summed E-state index contributed by atoms with van der Waals surface area (Å²) in [5.41, 5.74) is 0. The van der Waals surface area contributed by atoms with Crippen LogP contribution in [-0.2, 0) is 0 Å². The van der Waals surface area contributed by atoms with E-state index < -0.39 is 0 Å². The summed E-state index contributed by atoms with van der Waals surface area (Å²) in [6, 6.07) is 0. The van der Waals surface area contributed by atoms with Crippen LogP contribution in [0.5, 0.6) is 0 Å². The van der Waals surface area contributed by atoms with Crippen molar-refractivity contribution in [2.24, 2.45) is 5.92 Å². The average Bonchev–Trinajstić information content (AvgIpc) is 2.22. The standard InChI is InChI=1S/C14H28B/c1-3-11-14(2)12-9-7-5-4-6-8-10-13-15/h13-14H,3-12H2,1-2H3. The molecule has 0 saturated carbocycles. The Morgan fingerprint density at radius 1 is 0.933 bits per heavy atom. The quantitative estimate of drug-likeness (QED) is 0.345. The van der Waals surface area contributed by atoms with Crippen LogP contribution in [0.2, 0.25) is 0 Å². The fraction of sp³-hybridized carbons (Fsp3) is 0.929. The molecule has 0 spiro atoms. The van der Waals surface area contributed by atoms with E-state index in [1.165, 1.54) is 57.8 Å². The minimum Gasteiger partial charge on any atom is -0.0654 e. The van der Waals surface area contributed by atoms with Gasteiger partial charge in [-0.2, -0.15) is 0 Å². The minimum atomic E-state index is 0.946. The van der Waals surface area contributed by atoms with Gasteiger partial charge in [0.25, 0.3) is 0 Å². The predicted octanol–water partition coefficient (Wildman–Crippen LogP) is 4.51. The molecule has 1 radical (unpaired) electrons. The van der Waals surface area contributed by atoms with Crippen LogP contribution in [0, 0.1) is 5.92 Å². The van der Waals surface area contributed by atoms with Crippen molar-refractivity contribution < 1.29 is 0 Å². The summed E-state index contributed by atoms with van der Waals surface area (Å²) in [6.07, 6.45) is 13.6. The van der Waals surface area contributed by atoms with Gasteiger partial charge in [0.1, 0.15) is 0 Å². The van der Waals surface area contributed by atoms with Gasteiger partial charge in [0.15, 0.2) is 0 Å². The summed E-state index contributed by atoms with van der Waals surface area (Å²) in [5.74, 6) is 2.73. The van der Waals surface area contributed by atoms with Crippen LogP contribution < -0.4 is 0 Å². The fourth-order valence-corrected chi connectivity index (χ4v) is 2.10. The van der Waals surface area contributed by atoms with Gasteiger partial charge >= 0.3 is 90.5 Å². The van der Waals surface area contributed by atoms with Gasteiger partial charge < -0.3 is 0 Å². The summed E-state index contributed by atoms with van der Waals surface area (Å²) in [5, 5.41) is 0. The van der Waals surface area contributed by atoms with Crippen molar-refractivity contribution >= 4 is 13.5 Å². The molecule has 87 valence electrons. The topological polar surface area (TPSA) is 0 Å². The van der Waals surface area contributed by atoms with Crippen molar-refractivity contribution in [1.29, 1.82) is 0 Å². The molecule has 0 amide bonds. The third kappa shape index (κ3) is 11.9. The van der Waals surface area contributed by atoms with Gasteiger partial charge in [0.2, 0.25) is 0 Å². The van der Waals surface area contributed by atoms with E-state index in [-0.39, 0.29) is 0 Å². The second-order valence-electron chi connectivity index (χ2n) is 4.83. The van der Waals surface area contributed by atoms with Crippen LogP contribution in [0.4, 0.5) is 0 Å². The zero-order valence-corrected chi connectivity index (χ0v) is 10.8. The Hall–Kier alpha value is -0.0651. The summed E-state index contributed by atoms with van der Waals surface area (Å²) in [7, 11) is 5.33. The molecule has 0 aromatic heterocycles. The number of hydrogen-bond acceptors (Lipinski definition) is 0. The zero-order chi connectivity index (χ0) is 11.4. The van der Waals surface area contributed by atoms with Gasteiger partial charge in [-0.3, -0.25) is 0 Å². The van der Waals surface area contributed by atoms with Crippen LogP contribution in [0.15, 0.2) is 0 Å². The summed E-state index contributed by atoms with van der Waals surface area (Å²) < 4.78 is 0. The third-order valence-corrected chi connectivity index (χ3v) is 3.10. The summed E-state index contributed by atoms with van der Waals surface area (Å²) in [4.78, 5) is 0. The van der Waals surface area contributed by atoms with Crippen molar-refractivity contribution in [3.8, 4) is 0 Å². The van der Waals surface area contributed by atoms with E-state index in [1.54, 1.807) is 5.97 Å². The van der Waals surface area contributed by atoms with Crippen LogP contribution >= 0.6 is 0 Å². The van der Waals surface area contributed by atoms with Gasteiger partial charge in [0, 0.05) is 0 Å². The first-order valence-electron chi connectivity index (χ1n) is 6.84. The first kappa shape index (κ1) is 14.9. The molecule has 15 heavy (non-hydrogen) atoms. The Morgan fingerprint density at radius 2 is 1.53 bits per heavy atom. The molecule has 0 bridgehead atoms. The van der Waals surface area contributed by atoms with E-state index in [9.17, 15) is 0 Å². The molecule has 0 aliphatic heterocycles. The Bertz CT molecular complexity index is 131. The number of hydrogen-bond donors (Lipinski definition) is 0. The Balaban J connectivity index is 3.01. The van der Waals surface area contributed by atoms with E-state index in [1.807, 2.05) is 0 Å². The monoisotopic (exact) mass is 207 g/mol. The molecule has 0 saturated heterocycles. The van der Waals surface area contributed by atoms with Gasteiger partial charge in [0.05, 0.1) is 0 Å². The SMILES string of the molecule is [B]=CCCCCCCCCC(C)CCC. The molecule has 0 aromatic carbocycles. The smallest absolute Gasteiger partial charge is 0.0654 e. The molecule has 1 heteroatoms. The molecule has 0 rings (SSSR count). The van der Waals surface area contributed by atoms with Crippen molar-refractivity contribution in [2.45, 2.75) is 78.1 Å². The Labute approximate surface area is 97.9 Å². The molecular weight excluding hydrogens is 179 g/mol. The van der Waals surface area contributed by atoms with E-state index in [0.29, 0.717) is 0 Å². The minimum absolute atomic E-state index is 0.946. The van der Waals surface area contributed by atoms with Gasteiger partial charge in [-0.25, -0.2) is 0 Å². The maximum atomic E-state index is 5.33. The molecule has 0 aliphatic rings. The van der Waals surface area contributed by atoms with Gasteiger partial charge in [-0.15, -0.1) is 0 Å². The molecular formula is C14H28B. The zero-order valence-electron chi connectivity index (χ0n) is 10.8. The number of unbranched alkanes of at least 4 members (excludes halogenated alkanes) is 6. The predicted molar refractivity (Wildman–Crippen MR) is 72.8 cm³/mol. The van der Waals surface area contributed by atoms with Crippen molar-refractivity contribution in [2.75, 3.05) is 0 Å². The summed E-state index contributed by atoms with van der Waals surface area (Å²) in [6.45, 7) is 4.67. The van der Waals surface area contributed by atoms with E-state index in [0.717, 1.165) is 12.3 Å². The number of rotatable bonds is 11. The third-order valence-electron chi connectivity index (χ3n) is 3.10. The fourth-order valence-electron chi connectivity index (χ4n) is 2.10. The van der Waals surface area contributed by atoms with Crippen LogP contribution in [0.25, 0.3) is 0 Å². The first-order valence-corrected chi connectivity index (χ1v) is 6.84. The molecule has 0 aromatic rings. The molecule has 1 unspecified atom stereocenters. The van der Waals surface area contributed by atoms with Gasteiger partial charge in [-0.1, -0.05) is 6.92 Å². The molecule has 0 N–H and O–H groups in total. The Kier molecular flexibility index (Phi) is 12.0. The Morgan fingerprint density at radius 3 is 2.13 bits per heavy atom. The second-order valence-corrected chi connectivity index (χ2v) is 4.83. The molecule has 0 heterocycles. The van der Waals surface area contributed by atoms with Crippen LogP contribution in [0.1, 0.15) is 78.1 Å². The average molecular weight is 207 g/mol. The van der Waals surface area contributed by atoms with E-state index >= 15 is 0 Å². The van der Waals surface area contributed by atoms with Crippen molar-refractivity contribution in [1.82, 2.24) is 0 Å². The second kappa shape index (κ2) is 12.0. The molecule has 1 atom stereocenters. The molecule has 0 nitrogen and oxygen atoms in total. The van der Waals surface area contributed by atoms with Crippen LogP contribution in [-0.4, -0.2) is 13.5 Å². The van der Waals surface area contributed by atoms with Crippen molar-refractivity contribution in [3.63, 3.8) is 0 Å². The first-order chi connectivity index (χ1) is 7.31. The maximum absolute atomic E-state index is 5.33. The van der Waals surface area contributed by atoms with E-state index in [2.05, 4.69) is 13.8 Å². The normalized spacial score (nSPS) is 12.6. The van der Waals surface area contributed by atoms with Crippen LogP contribution in [0.3, 0.4) is 0 Å².